The van der Waals surface area contributed by atoms with Crippen molar-refractivity contribution in [3.63, 3.8) is 0 Å². The minimum Gasteiger partial charge on any atom is -0.133 e. The summed E-state index contributed by atoms with van der Waals surface area (Å²) in [6.45, 7) is 2.66. The normalized spacial score (nSPS) is 11.1. The Bertz CT molecular complexity index is 168. The fourth-order valence-corrected chi connectivity index (χ4v) is 2.02. The van der Waals surface area contributed by atoms with E-state index in [2.05, 4.69) is 11.4 Å². The molecule has 0 aliphatic rings. The van der Waals surface area contributed by atoms with Crippen LogP contribution < -0.4 is 0 Å². The first kappa shape index (κ1) is 20.0. The summed E-state index contributed by atoms with van der Waals surface area (Å²) in [4.78, 5) is 8.38. The molecule has 1 unspecified atom stereocenters. The summed E-state index contributed by atoms with van der Waals surface area (Å²) in [7, 11) is -2.39. The molecular weight excluding hydrogens is 319 g/mol. The van der Waals surface area contributed by atoms with Crippen molar-refractivity contribution in [1.82, 2.24) is 0 Å². The second-order valence-electron chi connectivity index (χ2n) is 4.25. The average Bonchev–Trinajstić information content (AvgIpc) is 2.25. The predicted octanol–water partition coefficient (Wildman–Crippen LogP) is 4.57. The molecule has 0 aromatic carbocycles. The van der Waals surface area contributed by atoms with Crippen molar-refractivity contribution in [3.05, 3.63) is 0 Å². The third-order valence-corrected chi connectivity index (χ3v) is 3.10. The van der Waals surface area contributed by atoms with E-state index in [9.17, 15) is 4.57 Å². The zero-order chi connectivity index (χ0) is 12.1. The maximum atomic E-state index is 10.2. The Balaban J connectivity index is 0. The Morgan fingerprint density at radius 3 is 1.71 bits per heavy atom. The summed E-state index contributed by atoms with van der Waals surface area (Å²) < 4.78 is 14.8. The Kier molecular flexibility index (Phi) is 19.7. The molecule has 0 aromatic heterocycles. The van der Waals surface area contributed by atoms with Crippen LogP contribution in [0.5, 0.6) is 0 Å². The molecule has 0 saturated heterocycles. The molecular formula is C12H26MoO3P+. The van der Waals surface area contributed by atoms with Gasteiger partial charge in [-0.3, -0.25) is 0 Å². The molecule has 0 aliphatic carbocycles. The van der Waals surface area contributed by atoms with Crippen molar-refractivity contribution >= 4 is 8.25 Å². The number of unbranched alkanes of at least 4 members (excludes halogenated alkanes) is 9. The van der Waals surface area contributed by atoms with E-state index in [1.54, 1.807) is 0 Å². The van der Waals surface area contributed by atoms with Crippen LogP contribution in [0.1, 0.15) is 71.1 Å². The van der Waals surface area contributed by atoms with Crippen LogP contribution >= 0.6 is 8.25 Å². The van der Waals surface area contributed by atoms with Crippen LogP contribution in [0.3, 0.4) is 0 Å². The van der Waals surface area contributed by atoms with Crippen LogP contribution in [0.15, 0.2) is 0 Å². The van der Waals surface area contributed by atoms with Crippen molar-refractivity contribution in [2.45, 2.75) is 71.1 Å². The van der Waals surface area contributed by atoms with Crippen molar-refractivity contribution in [2.75, 3.05) is 6.61 Å². The molecule has 5 heteroatoms. The Hall–Kier alpha value is 0.708. The third kappa shape index (κ3) is 19.2. The van der Waals surface area contributed by atoms with Crippen LogP contribution in [-0.2, 0) is 30.2 Å². The van der Waals surface area contributed by atoms with Gasteiger partial charge in [0, 0.05) is 25.6 Å². The van der Waals surface area contributed by atoms with Gasteiger partial charge < -0.3 is 0 Å². The number of rotatable bonds is 12. The van der Waals surface area contributed by atoms with E-state index >= 15 is 0 Å². The minimum absolute atomic E-state index is 0. The van der Waals surface area contributed by atoms with Gasteiger partial charge in [0.25, 0.3) is 0 Å². The molecule has 0 fully saturated rings. The summed E-state index contributed by atoms with van der Waals surface area (Å²) in [5.74, 6) is 0. The monoisotopic (exact) mass is 347 g/mol. The molecule has 0 aromatic rings. The van der Waals surface area contributed by atoms with Crippen LogP contribution in [0.4, 0.5) is 0 Å². The minimum atomic E-state index is -2.39. The van der Waals surface area contributed by atoms with Gasteiger partial charge in [0.15, 0.2) is 0 Å². The molecule has 0 spiro atoms. The zero-order valence-corrected chi connectivity index (χ0v) is 13.8. The second kappa shape index (κ2) is 16.7. The van der Waals surface area contributed by atoms with Crippen molar-refractivity contribution in [2.24, 2.45) is 0 Å². The largest absolute Gasteiger partial charge is 0.694 e. The molecule has 0 amide bonds. The summed E-state index contributed by atoms with van der Waals surface area (Å²) in [5, 5.41) is 0. The molecule has 0 radical (unpaired) electrons. The van der Waals surface area contributed by atoms with E-state index in [-0.39, 0.29) is 21.1 Å². The predicted molar refractivity (Wildman–Crippen MR) is 67.6 cm³/mol. The fourth-order valence-electron chi connectivity index (χ4n) is 1.73. The smallest absolute Gasteiger partial charge is 0.133 e. The molecule has 0 rings (SSSR count). The van der Waals surface area contributed by atoms with Gasteiger partial charge in [-0.1, -0.05) is 64.7 Å². The van der Waals surface area contributed by atoms with Gasteiger partial charge in [-0.05, 0) is 6.42 Å². The number of hydrogen-bond acceptors (Lipinski definition) is 2. The van der Waals surface area contributed by atoms with Crippen LogP contribution in [-0.4, -0.2) is 11.5 Å². The Morgan fingerprint density at radius 1 is 0.882 bits per heavy atom. The standard InChI is InChI=1S/C12H25O3P.Mo/c1-2-3-4-5-6-7-8-9-10-11-12-15-16(13)14;/h2-12H2,1H3;/p+1. The topological polar surface area (TPSA) is 46.5 Å². The summed E-state index contributed by atoms with van der Waals surface area (Å²) in [5.41, 5.74) is 0. The van der Waals surface area contributed by atoms with Gasteiger partial charge in [0.05, 0.1) is 0 Å². The zero-order valence-electron chi connectivity index (χ0n) is 10.9. The van der Waals surface area contributed by atoms with Crippen molar-refractivity contribution < 1.29 is 35.0 Å². The molecule has 102 valence electrons. The molecule has 0 bridgehead atoms. The molecule has 0 heterocycles. The first-order valence-corrected chi connectivity index (χ1v) is 7.69. The number of hydrogen-bond donors (Lipinski definition) is 1. The van der Waals surface area contributed by atoms with Gasteiger partial charge in [0.2, 0.25) is 0 Å². The van der Waals surface area contributed by atoms with Gasteiger partial charge in [0.1, 0.15) is 6.61 Å². The van der Waals surface area contributed by atoms with E-state index in [4.69, 9.17) is 4.89 Å². The van der Waals surface area contributed by atoms with Gasteiger partial charge in [-0.25, -0.2) is 0 Å². The van der Waals surface area contributed by atoms with Gasteiger partial charge >= 0.3 is 8.25 Å². The molecule has 17 heavy (non-hydrogen) atoms. The molecule has 0 aliphatic heterocycles. The van der Waals surface area contributed by atoms with Crippen molar-refractivity contribution in [1.29, 1.82) is 0 Å². The van der Waals surface area contributed by atoms with Crippen molar-refractivity contribution in [3.8, 4) is 0 Å². The molecule has 0 saturated carbocycles. The first-order chi connectivity index (χ1) is 7.77. The Labute approximate surface area is 121 Å². The maximum absolute atomic E-state index is 10.2. The Morgan fingerprint density at radius 2 is 1.29 bits per heavy atom. The average molecular weight is 345 g/mol. The quantitative estimate of drug-likeness (QED) is 0.320. The van der Waals surface area contributed by atoms with Gasteiger partial charge in [-0.2, -0.15) is 0 Å². The van der Waals surface area contributed by atoms with Crippen LogP contribution in [0, 0.1) is 0 Å². The van der Waals surface area contributed by atoms with E-state index < -0.39 is 8.25 Å². The summed E-state index contributed by atoms with van der Waals surface area (Å²) in [6.07, 6.45) is 12.7. The fraction of sp³-hybridized carbons (Fsp3) is 1.00. The van der Waals surface area contributed by atoms with Gasteiger partial charge in [-0.15, -0.1) is 9.42 Å². The molecule has 1 N–H and O–H groups in total. The second-order valence-corrected chi connectivity index (χ2v) is 4.99. The van der Waals surface area contributed by atoms with Crippen LogP contribution in [0.2, 0.25) is 0 Å². The van der Waals surface area contributed by atoms with E-state index in [1.165, 1.54) is 51.4 Å². The molecule has 1 atom stereocenters. The maximum Gasteiger partial charge on any atom is 0.694 e. The third-order valence-electron chi connectivity index (χ3n) is 2.70. The summed E-state index contributed by atoms with van der Waals surface area (Å²) >= 11 is 0. The SMILES string of the molecule is CCCCCCCCCCCCO[P+](=O)O.[Mo]. The van der Waals surface area contributed by atoms with E-state index in [0.717, 1.165) is 12.8 Å². The summed E-state index contributed by atoms with van der Waals surface area (Å²) in [6, 6.07) is 0. The van der Waals surface area contributed by atoms with E-state index in [0.29, 0.717) is 6.61 Å². The van der Waals surface area contributed by atoms with E-state index in [1.807, 2.05) is 0 Å². The first-order valence-electron chi connectivity index (χ1n) is 6.56. The molecule has 3 nitrogen and oxygen atoms in total. The van der Waals surface area contributed by atoms with Crippen LogP contribution in [0.25, 0.3) is 0 Å².